The monoisotopic (exact) mass is 249 g/mol. The molecule has 0 spiro atoms. The van der Waals surface area contributed by atoms with E-state index < -0.39 is 0 Å². The molecule has 0 aliphatic carbocycles. The lowest BCUT2D eigenvalue weighted by Gasteiger charge is -2.05. The van der Waals surface area contributed by atoms with Crippen LogP contribution in [0.15, 0.2) is 48.7 Å². The summed E-state index contributed by atoms with van der Waals surface area (Å²) in [6.07, 6.45) is 1.80. The first-order chi connectivity index (χ1) is 9.16. The highest BCUT2D eigenvalue weighted by molar-refractivity contribution is 6.16. The van der Waals surface area contributed by atoms with Crippen molar-refractivity contribution in [2.45, 2.75) is 13.8 Å². The van der Waals surface area contributed by atoms with E-state index in [4.69, 9.17) is 0 Å². The number of nitrogens with one attached hydrogen (secondary N) is 1. The molecule has 0 aliphatic rings. The summed E-state index contributed by atoms with van der Waals surface area (Å²) in [7, 11) is 0. The van der Waals surface area contributed by atoms with Gasteiger partial charge in [0.15, 0.2) is 5.78 Å². The van der Waals surface area contributed by atoms with Gasteiger partial charge in [-0.1, -0.05) is 42.0 Å². The number of aryl methyl sites for hydroxylation is 2. The summed E-state index contributed by atoms with van der Waals surface area (Å²) in [6, 6.07) is 13.8. The smallest absolute Gasteiger partial charge is 0.195 e. The summed E-state index contributed by atoms with van der Waals surface area (Å²) in [5.74, 6) is 0.0787. The molecular formula is C17H15NO. The molecule has 19 heavy (non-hydrogen) atoms. The van der Waals surface area contributed by atoms with Crippen molar-refractivity contribution in [3.63, 3.8) is 0 Å². The van der Waals surface area contributed by atoms with Crippen molar-refractivity contribution in [2.24, 2.45) is 0 Å². The minimum absolute atomic E-state index is 0.0787. The van der Waals surface area contributed by atoms with Gasteiger partial charge in [-0.05, 0) is 25.5 Å². The van der Waals surface area contributed by atoms with Crippen LogP contribution < -0.4 is 0 Å². The number of benzene rings is 2. The zero-order valence-electron chi connectivity index (χ0n) is 11.0. The molecular weight excluding hydrogens is 234 g/mol. The SMILES string of the molecule is Cc1ccc(C(=O)c2c[nH]c3ccccc23)c(C)c1. The highest BCUT2D eigenvalue weighted by atomic mass is 16.1. The summed E-state index contributed by atoms with van der Waals surface area (Å²) in [5, 5.41) is 0.979. The highest BCUT2D eigenvalue weighted by Gasteiger charge is 2.15. The standard InChI is InChI=1S/C17H15NO/c1-11-7-8-13(12(2)9-11)17(19)15-10-18-16-6-4-3-5-14(15)16/h3-10,18H,1-2H3. The fourth-order valence-corrected chi connectivity index (χ4v) is 2.47. The fourth-order valence-electron chi connectivity index (χ4n) is 2.47. The number of aromatic amines is 1. The van der Waals surface area contributed by atoms with Gasteiger partial charge in [-0.3, -0.25) is 4.79 Å². The highest BCUT2D eigenvalue weighted by Crippen LogP contribution is 2.22. The Morgan fingerprint density at radius 1 is 1.00 bits per heavy atom. The molecule has 0 unspecified atom stereocenters. The maximum absolute atomic E-state index is 12.6. The number of hydrogen-bond donors (Lipinski definition) is 1. The quantitative estimate of drug-likeness (QED) is 0.684. The van der Waals surface area contributed by atoms with Gasteiger partial charge in [-0.25, -0.2) is 0 Å². The van der Waals surface area contributed by atoms with E-state index in [2.05, 4.69) is 4.98 Å². The second-order valence-electron chi connectivity index (χ2n) is 4.90. The second kappa shape index (κ2) is 4.39. The molecule has 2 nitrogen and oxygen atoms in total. The minimum atomic E-state index is 0.0787. The molecule has 3 rings (SSSR count). The average molecular weight is 249 g/mol. The molecule has 0 bridgehead atoms. The van der Waals surface area contributed by atoms with Crippen LogP contribution in [0, 0.1) is 13.8 Å². The van der Waals surface area contributed by atoms with Crippen LogP contribution in [-0.4, -0.2) is 10.8 Å². The van der Waals surface area contributed by atoms with Gasteiger partial charge in [-0.2, -0.15) is 0 Å². The van der Waals surface area contributed by atoms with Gasteiger partial charge in [0.05, 0.1) is 0 Å². The zero-order chi connectivity index (χ0) is 13.4. The molecule has 0 saturated carbocycles. The molecule has 0 aliphatic heterocycles. The molecule has 1 heterocycles. The van der Waals surface area contributed by atoms with Crippen molar-refractivity contribution in [3.8, 4) is 0 Å². The van der Waals surface area contributed by atoms with E-state index in [1.165, 1.54) is 5.56 Å². The number of hydrogen-bond acceptors (Lipinski definition) is 1. The van der Waals surface area contributed by atoms with Gasteiger partial charge in [0.25, 0.3) is 0 Å². The van der Waals surface area contributed by atoms with E-state index in [0.717, 1.165) is 27.6 Å². The molecule has 0 radical (unpaired) electrons. The zero-order valence-corrected chi connectivity index (χ0v) is 11.0. The third-order valence-electron chi connectivity index (χ3n) is 3.46. The van der Waals surface area contributed by atoms with E-state index in [9.17, 15) is 4.79 Å². The Morgan fingerprint density at radius 2 is 1.79 bits per heavy atom. The van der Waals surface area contributed by atoms with Gasteiger partial charge < -0.3 is 4.98 Å². The van der Waals surface area contributed by atoms with Crippen LogP contribution in [0.5, 0.6) is 0 Å². The molecule has 1 N–H and O–H groups in total. The minimum Gasteiger partial charge on any atom is -0.360 e. The molecule has 3 aromatic rings. The van der Waals surface area contributed by atoms with Crippen molar-refractivity contribution < 1.29 is 4.79 Å². The van der Waals surface area contributed by atoms with E-state index in [1.807, 2.05) is 56.3 Å². The molecule has 2 aromatic carbocycles. The van der Waals surface area contributed by atoms with Crippen LogP contribution in [-0.2, 0) is 0 Å². The lowest BCUT2D eigenvalue weighted by Crippen LogP contribution is -2.03. The first kappa shape index (κ1) is 11.7. The average Bonchev–Trinajstić information content (AvgIpc) is 2.82. The van der Waals surface area contributed by atoms with Crippen LogP contribution in [0.3, 0.4) is 0 Å². The summed E-state index contributed by atoms with van der Waals surface area (Å²) in [6.45, 7) is 4.02. The maximum Gasteiger partial charge on any atom is 0.195 e. The lowest BCUT2D eigenvalue weighted by molar-refractivity contribution is 0.104. The van der Waals surface area contributed by atoms with Crippen LogP contribution in [0.25, 0.3) is 10.9 Å². The van der Waals surface area contributed by atoms with Gasteiger partial charge in [0.1, 0.15) is 0 Å². The lowest BCUT2D eigenvalue weighted by atomic mass is 9.97. The van der Waals surface area contributed by atoms with Crippen LogP contribution in [0.2, 0.25) is 0 Å². The number of fused-ring (bicyclic) bond motifs is 1. The molecule has 0 saturated heterocycles. The van der Waals surface area contributed by atoms with E-state index in [-0.39, 0.29) is 5.78 Å². The number of ketones is 1. The number of H-pyrrole nitrogens is 1. The maximum atomic E-state index is 12.6. The third kappa shape index (κ3) is 1.95. The van der Waals surface area contributed by atoms with Crippen molar-refractivity contribution in [1.82, 2.24) is 4.98 Å². The Bertz CT molecular complexity index is 768. The Balaban J connectivity index is 2.13. The van der Waals surface area contributed by atoms with Gasteiger partial charge in [0.2, 0.25) is 0 Å². The number of rotatable bonds is 2. The predicted octanol–water partition coefficient (Wildman–Crippen LogP) is 4.02. The van der Waals surface area contributed by atoms with Crippen LogP contribution >= 0.6 is 0 Å². The Hall–Kier alpha value is -2.35. The first-order valence-electron chi connectivity index (χ1n) is 6.35. The first-order valence-corrected chi connectivity index (χ1v) is 6.35. The molecule has 94 valence electrons. The normalized spacial score (nSPS) is 10.8. The van der Waals surface area contributed by atoms with Crippen molar-refractivity contribution in [1.29, 1.82) is 0 Å². The molecule has 0 fully saturated rings. The summed E-state index contributed by atoms with van der Waals surface area (Å²) >= 11 is 0. The number of para-hydroxylation sites is 1. The van der Waals surface area contributed by atoms with Crippen LogP contribution in [0.4, 0.5) is 0 Å². The van der Waals surface area contributed by atoms with Crippen molar-refractivity contribution >= 4 is 16.7 Å². The van der Waals surface area contributed by atoms with E-state index >= 15 is 0 Å². The Kier molecular flexibility index (Phi) is 2.71. The topological polar surface area (TPSA) is 32.9 Å². The molecule has 0 atom stereocenters. The van der Waals surface area contributed by atoms with Crippen LogP contribution in [0.1, 0.15) is 27.0 Å². The van der Waals surface area contributed by atoms with Gasteiger partial charge >= 0.3 is 0 Å². The molecule has 2 heteroatoms. The Labute approximate surface area is 112 Å². The number of carbonyl (C=O) groups is 1. The molecule has 0 amide bonds. The second-order valence-corrected chi connectivity index (χ2v) is 4.90. The van der Waals surface area contributed by atoms with Gasteiger partial charge in [-0.15, -0.1) is 0 Å². The van der Waals surface area contributed by atoms with E-state index in [1.54, 1.807) is 6.20 Å². The predicted molar refractivity (Wildman–Crippen MR) is 77.6 cm³/mol. The third-order valence-corrected chi connectivity index (χ3v) is 3.46. The summed E-state index contributed by atoms with van der Waals surface area (Å²) in [5.41, 5.74) is 4.71. The molecule has 1 aromatic heterocycles. The fraction of sp³-hybridized carbons (Fsp3) is 0.118. The van der Waals surface area contributed by atoms with E-state index in [0.29, 0.717) is 0 Å². The van der Waals surface area contributed by atoms with Crippen molar-refractivity contribution in [3.05, 3.63) is 70.9 Å². The summed E-state index contributed by atoms with van der Waals surface area (Å²) in [4.78, 5) is 15.8. The Morgan fingerprint density at radius 3 is 2.58 bits per heavy atom. The van der Waals surface area contributed by atoms with Crippen molar-refractivity contribution in [2.75, 3.05) is 0 Å². The number of carbonyl (C=O) groups excluding carboxylic acids is 1. The summed E-state index contributed by atoms with van der Waals surface area (Å²) < 4.78 is 0. The van der Waals surface area contributed by atoms with Gasteiger partial charge in [0, 0.05) is 28.2 Å². The number of aromatic nitrogens is 1. The largest absolute Gasteiger partial charge is 0.360 e.